The normalized spacial score (nSPS) is 24.9. The maximum atomic E-state index is 16.2. The van der Waals surface area contributed by atoms with Crippen LogP contribution in [0.4, 0.5) is 15.0 Å². The summed E-state index contributed by atoms with van der Waals surface area (Å²) in [6, 6.07) is -1.37. The molecule has 1 unspecified atom stereocenters. The van der Waals surface area contributed by atoms with Crippen molar-refractivity contribution in [2.24, 2.45) is 0 Å². The third kappa shape index (κ3) is 6.39. The molecule has 0 aromatic carbocycles. The molecule has 0 aliphatic carbocycles. The molecule has 47 heavy (non-hydrogen) atoms. The zero-order valence-electron chi connectivity index (χ0n) is 29.3. The lowest BCUT2D eigenvalue weighted by Crippen LogP contribution is -2.69. The van der Waals surface area contributed by atoms with E-state index in [-0.39, 0.29) is 52.1 Å². The Morgan fingerprint density at radius 1 is 1.19 bits per heavy atom. The number of alkyl halides is 1. The zero-order valence-corrected chi connectivity index (χ0v) is 31.8. The van der Waals surface area contributed by atoms with Gasteiger partial charge in [-0.05, 0) is 78.1 Å². The highest BCUT2D eigenvalue weighted by Gasteiger charge is 2.59. The van der Waals surface area contributed by atoms with Crippen LogP contribution in [0.25, 0.3) is 10.8 Å². The van der Waals surface area contributed by atoms with E-state index in [1.54, 1.807) is 6.92 Å². The number of amides is 2. The predicted octanol–water partition coefficient (Wildman–Crippen LogP) is 7.28. The average Bonchev–Trinajstić information content (AvgIpc) is 3.13. The molecule has 2 bridgehead atoms. The van der Waals surface area contributed by atoms with Crippen molar-refractivity contribution in [3.05, 3.63) is 22.2 Å². The zero-order chi connectivity index (χ0) is 35.0. The molecule has 14 heteroatoms. The van der Waals surface area contributed by atoms with Crippen molar-refractivity contribution in [3.63, 3.8) is 0 Å². The summed E-state index contributed by atoms with van der Waals surface area (Å²) in [5, 5.41) is 3.19. The van der Waals surface area contributed by atoms with Crippen molar-refractivity contribution < 1.29 is 27.9 Å². The van der Waals surface area contributed by atoms with Crippen molar-refractivity contribution in [3.8, 4) is 5.88 Å². The molecule has 1 N–H and O–H groups in total. The maximum absolute atomic E-state index is 16.2. The molecule has 5 rings (SSSR count). The second-order valence-electron chi connectivity index (χ2n) is 15.9. The Labute approximate surface area is 288 Å². The lowest BCUT2D eigenvalue weighted by atomic mass is 9.93. The first-order chi connectivity index (χ1) is 21.6. The van der Waals surface area contributed by atoms with Crippen LogP contribution in [0.1, 0.15) is 85.5 Å². The van der Waals surface area contributed by atoms with E-state index < -0.39 is 43.3 Å². The van der Waals surface area contributed by atoms with Gasteiger partial charge >= 0.3 is 6.09 Å². The maximum Gasteiger partial charge on any atom is 0.411 e. The minimum Gasteiger partial charge on any atom is -0.472 e. The summed E-state index contributed by atoms with van der Waals surface area (Å²) >= 11 is 12.4. The summed E-state index contributed by atoms with van der Waals surface area (Å²) < 4.78 is 35.2. The molecule has 0 saturated carbocycles. The van der Waals surface area contributed by atoms with Gasteiger partial charge in [-0.1, -0.05) is 32.4 Å². The minimum absolute atomic E-state index is 0.0900. The number of aryl methyl sites for hydroxylation is 1. The fourth-order valence-electron chi connectivity index (χ4n) is 6.98. The highest BCUT2D eigenvalue weighted by molar-refractivity contribution is 6.74. The van der Waals surface area contributed by atoms with Crippen LogP contribution in [0.15, 0.2) is 0 Å². The number of fused-ring (bicyclic) bond motifs is 5. The minimum atomic E-state index is -2.27. The SMILES string of the molecule is Cc1c(C(CO[Si](C)(C)C(C)(C)C)NC(=O)CCl)nc2c3c(nc(Cl)c(F)c13)O[C@@H](C)[C@@H]1[C@@H]3CC[C@](C)(CN21)N3C(=O)OC(C)(C)C. The van der Waals surface area contributed by atoms with Gasteiger partial charge < -0.3 is 24.1 Å². The van der Waals surface area contributed by atoms with E-state index in [2.05, 4.69) is 49.1 Å². The van der Waals surface area contributed by atoms with E-state index in [1.807, 2.05) is 39.5 Å². The van der Waals surface area contributed by atoms with Crippen molar-refractivity contribution in [2.45, 2.75) is 129 Å². The number of carbonyl (C=O) groups excluding carboxylic acids is 2. The number of piperazine rings is 1. The first kappa shape index (κ1) is 35.9. The van der Waals surface area contributed by atoms with Crippen LogP contribution in [0, 0.1) is 12.7 Å². The molecule has 260 valence electrons. The monoisotopic (exact) mass is 711 g/mol. The lowest BCUT2D eigenvalue weighted by Gasteiger charge is -2.52. The quantitative estimate of drug-likeness (QED) is 0.189. The molecule has 5 atom stereocenters. The van der Waals surface area contributed by atoms with Crippen LogP contribution in [-0.4, -0.2) is 83.5 Å². The average molecular weight is 713 g/mol. The molecule has 3 aliphatic heterocycles. The van der Waals surface area contributed by atoms with Gasteiger partial charge in [-0.2, -0.15) is 4.98 Å². The molecule has 2 saturated heterocycles. The van der Waals surface area contributed by atoms with Gasteiger partial charge in [-0.3, -0.25) is 9.69 Å². The molecule has 3 aliphatic rings. The van der Waals surface area contributed by atoms with Gasteiger partial charge in [0.25, 0.3) is 0 Å². The Kier molecular flexibility index (Phi) is 9.29. The largest absolute Gasteiger partial charge is 0.472 e. The summed E-state index contributed by atoms with van der Waals surface area (Å²) in [6.45, 7) is 22.5. The number of halogens is 3. The molecule has 2 fully saturated rings. The summed E-state index contributed by atoms with van der Waals surface area (Å²) in [7, 11) is -2.27. The van der Waals surface area contributed by atoms with Gasteiger partial charge in [0.1, 0.15) is 23.4 Å². The summed E-state index contributed by atoms with van der Waals surface area (Å²) in [5.74, 6) is -0.717. The second kappa shape index (κ2) is 12.2. The van der Waals surface area contributed by atoms with Gasteiger partial charge in [-0.25, -0.2) is 14.2 Å². The van der Waals surface area contributed by atoms with E-state index in [1.165, 1.54) is 0 Å². The Morgan fingerprint density at radius 2 is 1.85 bits per heavy atom. The topological polar surface area (TPSA) is 106 Å². The number of carbonyl (C=O) groups is 2. The first-order valence-electron chi connectivity index (χ1n) is 16.2. The van der Waals surface area contributed by atoms with Crippen LogP contribution < -0.4 is 15.0 Å². The van der Waals surface area contributed by atoms with E-state index in [0.29, 0.717) is 29.0 Å². The third-order valence-corrected chi connectivity index (χ3v) is 15.3. The fourth-order valence-corrected chi connectivity index (χ4v) is 8.25. The Bertz CT molecular complexity index is 1600. The van der Waals surface area contributed by atoms with Crippen LogP contribution in [-0.2, 0) is 14.0 Å². The number of ether oxygens (including phenoxy) is 2. The molecule has 0 radical (unpaired) electrons. The molecular weight excluding hydrogens is 664 g/mol. The van der Waals surface area contributed by atoms with Crippen LogP contribution in [0.2, 0.25) is 23.3 Å². The van der Waals surface area contributed by atoms with E-state index in [0.717, 1.165) is 12.8 Å². The highest BCUT2D eigenvalue weighted by Crippen LogP contribution is 2.50. The predicted molar refractivity (Wildman–Crippen MR) is 185 cm³/mol. The number of rotatable bonds is 6. The van der Waals surface area contributed by atoms with Crippen molar-refractivity contribution >= 4 is 60.1 Å². The molecule has 5 heterocycles. The van der Waals surface area contributed by atoms with Crippen molar-refractivity contribution in [2.75, 3.05) is 23.9 Å². The highest BCUT2D eigenvalue weighted by atomic mass is 35.5. The van der Waals surface area contributed by atoms with Gasteiger partial charge in [0.2, 0.25) is 11.8 Å². The number of anilines is 1. The van der Waals surface area contributed by atoms with Gasteiger partial charge in [0.05, 0.1) is 41.4 Å². The fraction of sp³-hybridized carbons (Fsp3) is 0.697. The number of hydrogen-bond donors (Lipinski definition) is 1. The number of pyridine rings is 2. The van der Waals surface area contributed by atoms with Crippen LogP contribution in [0.5, 0.6) is 5.88 Å². The molecule has 10 nitrogen and oxygen atoms in total. The summed E-state index contributed by atoms with van der Waals surface area (Å²) in [6.07, 6.45) is 0.613. The molecule has 0 spiro atoms. The Hall–Kier alpha value is -2.41. The number of nitrogens with one attached hydrogen (secondary N) is 1. The van der Waals surface area contributed by atoms with Gasteiger partial charge in [0.15, 0.2) is 19.3 Å². The smallest absolute Gasteiger partial charge is 0.411 e. The van der Waals surface area contributed by atoms with E-state index in [4.69, 9.17) is 42.1 Å². The number of nitrogens with zero attached hydrogens (tertiary/aromatic N) is 4. The van der Waals surface area contributed by atoms with Crippen LogP contribution >= 0.6 is 23.2 Å². The van der Waals surface area contributed by atoms with Gasteiger partial charge in [-0.15, -0.1) is 11.6 Å². The van der Waals surface area contributed by atoms with Crippen molar-refractivity contribution in [1.82, 2.24) is 20.2 Å². The standard InChI is InChI=1S/C33H48Cl2FN5O5Si/c1-17-22-23-28(38-25(17)19(37-21(42)14-34)15-44-47(10,11)32(6,7)8)40-16-33(9)13-12-20(41(33)30(43)46-31(3,4)5)26(40)18(2)45-29(23)39-27(35)24(22)36/h18-20,26H,12-16H2,1-11H3,(H,37,42)/t18-,19?,20-,26+,33+/m0/s1. The molecule has 2 aromatic rings. The molecule has 2 amide bonds. The molecular formula is C33H48Cl2FN5O5Si. The van der Waals surface area contributed by atoms with Crippen LogP contribution in [0.3, 0.4) is 0 Å². The number of hydrogen-bond acceptors (Lipinski definition) is 8. The van der Waals surface area contributed by atoms with Crippen molar-refractivity contribution in [1.29, 1.82) is 0 Å². The lowest BCUT2D eigenvalue weighted by molar-refractivity contribution is -0.119. The summed E-state index contributed by atoms with van der Waals surface area (Å²) in [5.41, 5.74) is -0.333. The third-order valence-electron chi connectivity index (χ3n) is 10.3. The van der Waals surface area contributed by atoms with E-state index >= 15 is 4.39 Å². The van der Waals surface area contributed by atoms with E-state index in [9.17, 15) is 9.59 Å². The first-order valence-corrected chi connectivity index (χ1v) is 20.1. The Balaban J connectivity index is 1.70. The Morgan fingerprint density at radius 3 is 2.45 bits per heavy atom. The molecule has 2 aromatic heterocycles. The summed E-state index contributed by atoms with van der Waals surface area (Å²) in [4.78, 5) is 40.0. The second-order valence-corrected chi connectivity index (χ2v) is 21.4. The number of aromatic nitrogens is 2. The van der Waals surface area contributed by atoms with Gasteiger partial charge in [0, 0.05) is 11.9 Å².